The predicted octanol–water partition coefficient (Wildman–Crippen LogP) is 4.06. The van der Waals surface area contributed by atoms with Crippen LogP contribution in [-0.4, -0.2) is 43.3 Å². The monoisotopic (exact) mass is 560 g/mol. The summed E-state index contributed by atoms with van der Waals surface area (Å²) < 4.78 is 0. The van der Waals surface area contributed by atoms with Crippen LogP contribution >= 0.6 is 0 Å². The third-order valence-corrected chi connectivity index (χ3v) is 3.60. The summed E-state index contributed by atoms with van der Waals surface area (Å²) in [6.45, 7) is 11.0. The van der Waals surface area contributed by atoms with Gasteiger partial charge in [0.2, 0.25) is 0 Å². The molecule has 0 unspecified atom stereocenters. The van der Waals surface area contributed by atoms with Crippen LogP contribution in [0.2, 0.25) is 0 Å². The smallest absolute Gasteiger partial charge is 0.106 e. The van der Waals surface area contributed by atoms with E-state index in [0.717, 1.165) is 13.1 Å². The van der Waals surface area contributed by atoms with Gasteiger partial charge in [-0.05, 0) is 25.9 Å². The van der Waals surface area contributed by atoms with Crippen LogP contribution < -0.4 is 5.73 Å². The summed E-state index contributed by atoms with van der Waals surface area (Å²) in [5.41, 5.74) is 5.69. The maximum Gasteiger partial charge on any atom is 0.106 e. The number of hydrogen-bond acceptors (Lipinski definition) is 3. The molecule has 4 nitrogen and oxygen atoms in total. The Kier molecular flexibility index (Phi) is 51.6. The van der Waals surface area contributed by atoms with Gasteiger partial charge in [-0.15, -0.1) is 0 Å². The van der Waals surface area contributed by atoms with E-state index in [-0.39, 0.29) is 45.4 Å². The van der Waals surface area contributed by atoms with Crippen LogP contribution in [0.3, 0.4) is 0 Å². The zero-order chi connectivity index (χ0) is 15.5. The molecule has 0 spiro atoms. The standard InChI is InChI=1S/C16H36N2.CH2O.CH4.H2O.U.H2/c1-3-5-7-9-11-14-18(16-13-17)15-12-10-8-6-4-2;1-2;;;;/h3-17H2,1-2H3;1H2;1H4;1H2;;1H. The van der Waals surface area contributed by atoms with Crippen molar-refractivity contribution in [2.24, 2.45) is 5.73 Å². The van der Waals surface area contributed by atoms with Crippen molar-refractivity contribution < 1.29 is 42.8 Å². The van der Waals surface area contributed by atoms with Crippen molar-refractivity contribution in [1.29, 1.82) is 0 Å². The third kappa shape index (κ3) is 31.0. The summed E-state index contributed by atoms with van der Waals surface area (Å²) in [5.74, 6) is 0. The van der Waals surface area contributed by atoms with Crippen molar-refractivity contribution in [3.63, 3.8) is 0 Å². The summed E-state index contributed by atoms with van der Waals surface area (Å²) in [7, 11) is 0. The maximum absolute atomic E-state index is 8.00. The van der Waals surface area contributed by atoms with E-state index in [1.807, 2.05) is 6.79 Å². The molecule has 0 aromatic carbocycles. The number of carbonyl (C=O) groups excluding carboxylic acids is 1. The summed E-state index contributed by atoms with van der Waals surface area (Å²) in [6, 6.07) is 0. The molecule has 0 radical (unpaired) electrons. The molecule has 0 aliphatic rings. The van der Waals surface area contributed by atoms with E-state index in [9.17, 15) is 0 Å². The number of hydrogen-bond donors (Lipinski definition) is 1. The van der Waals surface area contributed by atoms with Crippen LogP contribution in [0.15, 0.2) is 0 Å². The van der Waals surface area contributed by atoms with E-state index < -0.39 is 0 Å². The first kappa shape index (κ1) is 34.8. The molecule has 0 aromatic rings. The molecule has 0 heterocycles. The first-order valence-electron chi connectivity index (χ1n) is 8.56. The van der Waals surface area contributed by atoms with Gasteiger partial charge in [-0.3, -0.25) is 0 Å². The number of rotatable bonds is 14. The zero-order valence-corrected chi connectivity index (χ0v) is 19.2. The first-order valence-corrected chi connectivity index (χ1v) is 8.56. The minimum Gasteiger partial charge on any atom is -0.412 e. The average molecular weight is 561 g/mol. The summed E-state index contributed by atoms with van der Waals surface area (Å²) in [5, 5.41) is 0. The third-order valence-electron chi connectivity index (χ3n) is 3.60. The van der Waals surface area contributed by atoms with Gasteiger partial charge in [0, 0.05) is 45.6 Å². The van der Waals surface area contributed by atoms with E-state index in [0.29, 0.717) is 0 Å². The van der Waals surface area contributed by atoms with Crippen LogP contribution in [0.1, 0.15) is 86.9 Å². The van der Waals surface area contributed by atoms with Gasteiger partial charge in [0.25, 0.3) is 0 Å². The second-order valence-electron chi connectivity index (χ2n) is 5.46. The minimum absolute atomic E-state index is 0. The summed E-state index contributed by atoms with van der Waals surface area (Å²) in [4.78, 5) is 10.6. The molecule has 0 atom stereocenters. The van der Waals surface area contributed by atoms with Gasteiger partial charge in [-0.1, -0.05) is 72.6 Å². The fourth-order valence-corrected chi connectivity index (χ4v) is 2.40. The molecule has 4 N–H and O–H groups in total. The molecular formula is C18H46N2O2U. The van der Waals surface area contributed by atoms with Gasteiger partial charge in [0.1, 0.15) is 6.79 Å². The van der Waals surface area contributed by atoms with Crippen molar-refractivity contribution >= 4 is 6.79 Å². The van der Waals surface area contributed by atoms with E-state index in [4.69, 9.17) is 10.5 Å². The fraction of sp³-hybridized carbons (Fsp3) is 0.944. The summed E-state index contributed by atoms with van der Waals surface area (Å²) >= 11 is 0. The molecule has 144 valence electrons. The molecule has 0 aliphatic heterocycles. The SMILES string of the molecule is C.C=O.CCCCCCCN(CCN)CCCCCCC.O.[HH].[U]. The van der Waals surface area contributed by atoms with Gasteiger partial charge >= 0.3 is 0 Å². The van der Waals surface area contributed by atoms with E-state index in [1.165, 1.54) is 77.3 Å². The van der Waals surface area contributed by atoms with E-state index >= 15 is 0 Å². The van der Waals surface area contributed by atoms with Gasteiger partial charge in [-0.25, -0.2) is 0 Å². The largest absolute Gasteiger partial charge is 0.412 e. The zero-order valence-electron chi connectivity index (χ0n) is 15.0. The predicted molar refractivity (Wildman–Crippen MR) is 103 cm³/mol. The number of nitrogens with zero attached hydrogens (tertiary/aromatic N) is 1. The van der Waals surface area contributed by atoms with Crippen LogP contribution in [0, 0.1) is 31.1 Å². The van der Waals surface area contributed by atoms with Crippen molar-refractivity contribution in [3.05, 3.63) is 0 Å². The Hall–Kier alpha value is 0.602. The number of carbonyl (C=O) groups is 1. The molecular weight excluding hydrogens is 514 g/mol. The van der Waals surface area contributed by atoms with Crippen LogP contribution in [0.25, 0.3) is 0 Å². The van der Waals surface area contributed by atoms with Gasteiger partial charge in [0.15, 0.2) is 0 Å². The molecule has 0 saturated heterocycles. The van der Waals surface area contributed by atoms with Gasteiger partial charge in [0.05, 0.1) is 0 Å². The van der Waals surface area contributed by atoms with Crippen LogP contribution in [0.4, 0.5) is 0 Å². The second kappa shape index (κ2) is 34.0. The van der Waals surface area contributed by atoms with Crippen molar-refractivity contribution in [2.75, 3.05) is 26.2 Å². The normalized spacial score (nSPS) is 9.04. The number of nitrogens with two attached hydrogens (primary N) is 1. The molecule has 0 aliphatic carbocycles. The van der Waals surface area contributed by atoms with Crippen LogP contribution in [0.5, 0.6) is 0 Å². The molecule has 0 rings (SSSR count). The van der Waals surface area contributed by atoms with Crippen molar-refractivity contribution in [2.45, 2.75) is 85.5 Å². The Morgan fingerprint density at radius 2 is 1.13 bits per heavy atom. The quantitative estimate of drug-likeness (QED) is 0.326. The Bertz CT molecular complexity index is 167. The van der Waals surface area contributed by atoms with Crippen molar-refractivity contribution in [1.82, 2.24) is 4.90 Å². The van der Waals surface area contributed by atoms with E-state index in [1.54, 1.807) is 0 Å². The number of unbranched alkanes of at least 4 members (excludes halogenated alkanes) is 8. The van der Waals surface area contributed by atoms with E-state index in [2.05, 4.69) is 18.7 Å². The molecule has 5 heteroatoms. The Morgan fingerprint density at radius 1 is 0.783 bits per heavy atom. The Balaban J connectivity index is -0.000000130. The Labute approximate surface area is 171 Å². The van der Waals surface area contributed by atoms with Crippen molar-refractivity contribution in [3.8, 4) is 0 Å². The maximum atomic E-state index is 8.00. The summed E-state index contributed by atoms with van der Waals surface area (Å²) in [6.07, 6.45) is 13.8. The topological polar surface area (TPSA) is 77.8 Å². The molecule has 0 bridgehead atoms. The molecule has 0 amide bonds. The molecule has 0 aromatic heterocycles. The average Bonchev–Trinajstić information content (AvgIpc) is 2.48. The molecule has 23 heavy (non-hydrogen) atoms. The van der Waals surface area contributed by atoms with Gasteiger partial charge < -0.3 is 20.9 Å². The minimum atomic E-state index is 0. The Morgan fingerprint density at radius 3 is 1.43 bits per heavy atom. The second-order valence-corrected chi connectivity index (χ2v) is 5.46. The molecule has 0 fully saturated rings. The fourth-order valence-electron chi connectivity index (χ4n) is 2.40. The van der Waals surface area contributed by atoms with Gasteiger partial charge in [-0.2, -0.15) is 0 Å². The van der Waals surface area contributed by atoms with Crippen LogP contribution in [-0.2, 0) is 4.79 Å². The first-order chi connectivity index (χ1) is 9.85. The molecule has 0 saturated carbocycles.